The van der Waals surface area contributed by atoms with Gasteiger partial charge in [-0.2, -0.15) is 0 Å². The first-order valence-electron chi connectivity index (χ1n) is 7.66. The van der Waals surface area contributed by atoms with E-state index in [0.717, 1.165) is 11.1 Å². The summed E-state index contributed by atoms with van der Waals surface area (Å²) >= 11 is 0. The molecular weight excluding hydrogens is 308 g/mol. The molecule has 0 radical (unpaired) electrons. The summed E-state index contributed by atoms with van der Waals surface area (Å²) < 4.78 is 0. The lowest BCUT2D eigenvalue weighted by Crippen LogP contribution is -2.38. The van der Waals surface area contributed by atoms with E-state index in [1.54, 1.807) is 36.5 Å². The van der Waals surface area contributed by atoms with E-state index in [9.17, 15) is 14.9 Å². The average molecular weight is 328 g/mol. The van der Waals surface area contributed by atoms with Crippen LogP contribution in [0.3, 0.4) is 0 Å². The van der Waals surface area contributed by atoms with Crippen molar-refractivity contribution < 1.29 is 9.72 Å². The van der Waals surface area contributed by atoms with Gasteiger partial charge < -0.3 is 10.2 Å². The number of carbonyl (C=O) groups is 1. The third-order valence-corrected chi connectivity index (χ3v) is 3.71. The zero-order chi connectivity index (χ0) is 17.5. The second-order valence-corrected chi connectivity index (χ2v) is 5.47. The van der Waals surface area contributed by atoms with Crippen molar-refractivity contribution in [3.05, 3.63) is 70.0 Å². The predicted octanol–water partition coefficient (Wildman–Crippen LogP) is 3.28. The number of nitrogens with one attached hydrogen (secondary N) is 1. The second-order valence-electron chi connectivity index (χ2n) is 5.47. The fourth-order valence-corrected chi connectivity index (χ4v) is 2.37. The zero-order valence-corrected chi connectivity index (χ0v) is 13.7. The molecule has 0 aliphatic heterocycles. The summed E-state index contributed by atoms with van der Waals surface area (Å²) in [4.78, 5) is 28.4. The summed E-state index contributed by atoms with van der Waals surface area (Å²) in [5.41, 5.74) is 1.72. The molecule has 2 amide bonds. The Morgan fingerprint density at radius 1 is 1.33 bits per heavy atom. The van der Waals surface area contributed by atoms with Crippen molar-refractivity contribution in [1.29, 1.82) is 0 Å². The van der Waals surface area contributed by atoms with Gasteiger partial charge in [0, 0.05) is 38.1 Å². The van der Waals surface area contributed by atoms with Crippen LogP contribution >= 0.6 is 0 Å². The first-order chi connectivity index (χ1) is 11.5. The number of aromatic nitrogens is 1. The van der Waals surface area contributed by atoms with E-state index in [1.807, 2.05) is 19.1 Å². The summed E-state index contributed by atoms with van der Waals surface area (Å²) in [7, 11) is 1.70. The van der Waals surface area contributed by atoms with Gasteiger partial charge in [-0.05, 0) is 29.7 Å². The van der Waals surface area contributed by atoms with E-state index in [1.165, 1.54) is 12.1 Å². The molecule has 1 aromatic heterocycles. The lowest BCUT2D eigenvalue weighted by atomic mass is 10.0. The van der Waals surface area contributed by atoms with Gasteiger partial charge in [-0.25, -0.2) is 4.79 Å². The van der Waals surface area contributed by atoms with Crippen molar-refractivity contribution in [3.8, 4) is 0 Å². The number of nitro groups is 1. The number of hydrogen-bond acceptors (Lipinski definition) is 4. The standard InChI is InChI=1S/C17H20N4O3/c1-3-16(14-5-4-6-15(11-14)21(23)24)19-17(22)20(2)12-13-7-9-18-10-8-13/h4-11,16H,3,12H2,1-2H3,(H,19,22)/t16-/m1/s1. The van der Waals surface area contributed by atoms with Crippen LogP contribution in [0, 0.1) is 10.1 Å². The van der Waals surface area contributed by atoms with Crippen LogP contribution in [0.5, 0.6) is 0 Å². The highest BCUT2D eigenvalue weighted by Crippen LogP contribution is 2.21. The summed E-state index contributed by atoms with van der Waals surface area (Å²) in [6.07, 6.45) is 3.99. The molecule has 0 saturated heterocycles. The van der Waals surface area contributed by atoms with Crippen molar-refractivity contribution in [3.63, 3.8) is 0 Å². The van der Waals surface area contributed by atoms with E-state index in [2.05, 4.69) is 10.3 Å². The maximum absolute atomic E-state index is 12.4. The molecule has 1 heterocycles. The van der Waals surface area contributed by atoms with Crippen molar-refractivity contribution in [2.45, 2.75) is 25.9 Å². The first kappa shape index (κ1) is 17.4. The number of pyridine rings is 1. The molecule has 0 saturated carbocycles. The van der Waals surface area contributed by atoms with Crippen molar-refractivity contribution in [1.82, 2.24) is 15.2 Å². The third kappa shape index (κ3) is 4.52. The quantitative estimate of drug-likeness (QED) is 0.651. The normalized spacial score (nSPS) is 11.6. The fraction of sp³-hybridized carbons (Fsp3) is 0.294. The number of non-ortho nitro benzene ring substituents is 1. The Bertz CT molecular complexity index is 706. The number of urea groups is 1. The maximum Gasteiger partial charge on any atom is 0.317 e. The van der Waals surface area contributed by atoms with E-state index in [4.69, 9.17) is 0 Å². The number of hydrogen-bond donors (Lipinski definition) is 1. The van der Waals surface area contributed by atoms with Crippen LogP contribution < -0.4 is 5.32 Å². The Morgan fingerprint density at radius 3 is 2.67 bits per heavy atom. The number of nitrogens with zero attached hydrogens (tertiary/aromatic N) is 3. The zero-order valence-electron chi connectivity index (χ0n) is 13.7. The molecule has 0 aliphatic carbocycles. The fourth-order valence-electron chi connectivity index (χ4n) is 2.37. The van der Waals surface area contributed by atoms with Crippen LogP contribution in [-0.4, -0.2) is 27.9 Å². The number of amides is 2. The molecule has 0 bridgehead atoms. The van der Waals surface area contributed by atoms with Crippen LogP contribution in [0.1, 0.15) is 30.5 Å². The highest BCUT2D eigenvalue weighted by molar-refractivity contribution is 5.74. The molecule has 2 aromatic rings. The Labute approximate surface area is 140 Å². The molecule has 126 valence electrons. The third-order valence-electron chi connectivity index (χ3n) is 3.71. The number of rotatable bonds is 6. The van der Waals surface area contributed by atoms with Crippen molar-refractivity contribution >= 4 is 11.7 Å². The monoisotopic (exact) mass is 328 g/mol. The smallest absolute Gasteiger partial charge is 0.317 e. The van der Waals surface area contributed by atoms with Crippen LogP contribution in [0.15, 0.2) is 48.8 Å². The van der Waals surface area contributed by atoms with Gasteiger partial charge in [0.15, 0.2) is 0 Å². The Morgan fingerprint density at radius 2 is 2.04 bits per heavy atom. The van der Waals surface area contributed by atoms with E-state index >= 15 is 0 Å². The van der Waals surface area contributed by atoms with Crippen LogP contribution in [-0.2, 0) is 6.54 Å². The molecule has 1 atom stereocenters. The molecule has 7 nitrogen and oxygen atoms in total. The molecule has 0 unspecified atom stereocenters. The highest BCUT2D eigenvalue weighted by atomic mass is 16.6. The van der Waals surface area contributed by atoms with Crippen LogP contribution in [0.2, 0.25) is 0 Å². The van der Waals surface area contributed by atoms with Gasteiger partial charge in [0.1, 0.15) is 0 Å². The Balaban J connectivity index is 2.05. The minimum absolute atomic E-state index is 0.0188. The maximum atomic E-state index is 12.4. The van der Waals surface area contributed by atoms with Gasteiger partial charge in [0.2, 0.25) is 0 Å². The SMILES string of the molecule is CC[C@@H](NC(=O)N(C)Cc1ccncc1)c1cccc([N+](=O)[O-])c1. The molecule has 24 heavy (non-hydrogen) atoms. The Kier molecular flexibility index (Phi) is 5.83. The van der Waals surface area contributed by atoms with Crippen LogP contribution in [0.4, 0.5) is 10.5 Å². The first-order valence-corrected chi connectivity index (χ1v) is 7.66. The lowest BCUT2D eigenvalue weighted by molar-refractivity contribution is -0.384. The molecule has 0 aliphatic rings. The van der Waals surface area contributed by atoms with Gasteiger partial charge in [0.25, 0.3) is 5.69 Å². The molecule has 1 aromatic carbocycles. The number of carbonyl (C=O) groups excluding carboxylic acids is 1. The van der Waals surface area contributed by atoms with E-state index < -0.39 is 4.92 Å². The summed E-state index contributed by atoms with van der Waals surface area (Å²) in [6.45, 7) is 2.38. The van der Waals surface area contributed by atoms with Gasteiger partial charge in [-0.1, -0.05) is 19.1 Å². The van der Waals surface area contributed by atoms with E-state index in [-0.39, 0.29) is 17.8 Å². The van der Waals surface area contributed by atoms with E-state index in [0.29, 0.717) is 13.0 Å². The minimum Gasteiger partial charge on any atom is -0.331 e. The van der Waals surface area contributed by atoms with Gasteiger partial charge >= 0.3 is 6.03 Å². The molecule has 0 fully saturated rings. The molecular formula is C17H20N4O3. The summed E-state index contributed by atoms with van der Waals surface area (Å²) in [6, 6.07) is 9.53. The average Bonchev–Trinajstić information content (AvgIpc) is 2.60. The molecule has 1 N–H and O–H groups in total. The van der Waals surface area contributed by atoms with Crippen molar-refractivity contribution in [2.24, 2.45) is 0 Å². The number of nitro benzene ring substituents is 1. The largest absolute Gasteiger partial charge is 0.331 e. The molecule has 7 heteroatoms. The topological polar surface area (TPSA) is 88.4 Å². The Hall–Kier alpha value is -2.96. The van der Waals surface area contributed by atoms with Gasteiger partial charge in [-0.3, -0.25) is 15.1 Å². The summed E-state index contributed by atoms with van der Waals surface area (Å²) in [5, 5.41) is 13.8. The molecule has 0 spiro atoms. The predicted molar refractivity (Wildman–Crippen MR) is 90.4 cm³/mol. The molecule has 2 rings (SSSR count). The minimum atomic E-state index is -0.437. The highest BCUT2D eigenvalue weighted by Gasteiger charge is 2.18. The van der Waals surface area contributed by atoms with Gasteiger partial charge in [0.05, 0.1) is 11.0 Å². The van der Waals surface area contributed by atoms with Crippen LogP contribution in [0.25, 0.3) is 0 Å². The van der Waals surface area contributed by atoms with Crippen molar-refractivity contribution in [2.75, 3.05) is 7.05 Å². The second kappa shape index (κ2) is 8.05. The summed E-state index contributed by atoms with van der Waals surface area (Å²) in [5.74, 6) is 0. The lowest BCUT2D eigenvalue weighted by Gasteiger charge is -2.23. The van der Waals surface area contributed by atoms with Gasteiger partial charge in [-0.15, -0.1) is 0 Å². The number of benzene rings is 1.